The van der Waals surface area contributed by atoms with E-state index in [-0.39, 0.29) is 0 Å². The second-order valence-corrected chi connectivity index (χ2v) is 6.55. The Bertz CT molecular complexity index is 581. The quantitative estimate of drug-likeness (QED) is 0.591. The van der Waals surface area contributed by atoms with Crippen LogP contribution in [-0.4, -0.2) is 0 Å². The highest BCUT2D eigenvalue weighted by Gasteiger charge is 2.24. The van der Waals surface area contributed by atoms with Gasteiger partial charge in [0.05, 0.1) is 0 Å². The molecule has 3 aliphatic rings. The molecule has 92 valence electrons. The summed E-state index contributed by atoms with van der Waals surface area (Å²) in [5.74, 6) is 0. The summed E-state index contributed by atoms with van der Waals surface area (Å²) in [6.45, 7) is 0. The van der Waals surface area contributed by atoms with Crippen LogP contribution >= 0.6 is 11.3 Å². The van der Waals surface area contributed by atoms with Gasteiger partial charge in [0.15, 0.2) is 0 Å². The zero-order valence-electron chi connectivity index (χ0n) is 10.7. The maximum absolute atomic E-state index is 2.39. The molecule has 0 radical (unpaired) electrons. The van der Waals surface area contributed by atoms with Gasteiger partial charge in [-0.25, -0.2) is 0 Å². The topological polar surface area (TPSA) is 0 Å². The molecule has 0 bridgehead atoms. The minimum atomic E-state index is 1.21. The molecule has 0 unspecified atom stereocenters. The molecule has 0 fully saturated rings. The van der Waals surface area contributed by atoms with Crippen LogP contribution in [0.25, 0.3) is 5.57 Å². The average Bonchev–Trinajstić information content (AvgIpc) is 3.06. The third-order valence-electron chi connectivity index (χ3n) is 4.53. The van der Waals surface area contributed by atoms with Crippen LogP contribution in [0.1, 0.15) is 49.0 Å². The summed E-state index contributed by atoms with van der Waals surface area (Å²) in [5.41, 5.74) is 8.25. The molecule has 1 heteroatoms. The van der Waals surface area contributed by atoms with Crippen LogP contribution in [0.2, 0.25) is 0 Å². The summed E-state index contributed by atoms with van der Waals surface area (Å²) >= 11 is 1.95. The van der Waals surface area contributed by atoms with Crippen molar-refractivity contribution in [1.29, 1.82) is 0 Å². The lowest BCUT2D eigenvalue weighted by Crippen LogP contribution is -2.06. The van der Waals surface area contributed by atoms with Gasteiger partial charge in [-0.05, 0) is 78.7 Å². The number of allylic oxidation sites excluding steroid dienone is 6. The maximum atomic E-state index is 2.39. The van der Waals surface area contributed by atoms with Gasteiger partial charge >= 0.3 is 0 Å². The van der Waals surface area contributed by atoms with E-state index in [0.29, 0.717) is 0 Å². The smallest absolute Gasteiger partial charge is 0.0121 e. The van der Waals surface area contributed by atoms with Crippen LogP contribution in [0, 0.1) is 0 Å². The fraction of sp³-hybridized carbons (Fsp3) is 0.412. The SMILES string of the molecule is C1=CC2=C(C1)CCC/C2=C1/CCCc2sccc21. The summed E-state index contributed by atoms with van der Waals surface area (Å²) in [6, 6.07) is 2.36. The monoisotopic (exact) mass is 254 g/mol. The van der Waals surface area contributed by atoms with Crippen molar-refractivity contribution in [3.63, 3.8) is 0 Å². The van der Waals surface area contributed by atoms with Crippen molar-refractivity contribution >= 4 is 16.9 Å². The molecular formula is C17H18S. The molecule has 0 N–H and O–H groups in total. The molecule has 3 aliphatic carbocycles. The van der Waals surface area contributed by atoms with Crippen molar-refractivity contribution < 1.29 is 0 Å². The highest BCUT2D eigenvalue weighted by atomic mass is 32.1. The molecule has 4 rings (SSSR count). The second kappa shape index (κ2) is 4.24. The van der Waals surface area contributed by atoms with Gasteiger partial charge in [-0.2, -0.15) is 0 Å². The first-order valence-electron chi connectivity index (χ1n) is 7.11. The van der Waals surface area contributed by atoms with Crippen molar-refractivity contribution in [1.82, 2.24) is 0 Å². The first-order valence-corrected chi connectivity index (χ1v) is 7.99. The molecule has 0 saturated heterocycles. The van der Waals surface area contributed by atoms with Gasteiger partial charge < -0.3 is 0 Å². The van der Waals surface area contributed by atoms with Crippen LogP contribution in [0.3, 0.4) is 0 Å². The predicted octanol–water partition coefficient (Wildman–Crippen LogP) is 5.28. The first kappa shape index (κ1) is 10.8. The maximum Gasteiger partial charge on any atom is 0.0121 e. The van der Waals surface area contributed by atoms with E-state index >= 15 is 0 Å². The number of fused-ring (bicyclic) bond motifs is 1. The Kier molecular flexibility index (Phi) is 2.54. The van der Waals surface area contributed by atoms with Gasteiger partial charge in [0.2, 0.25) is 0 Å². The molecule has 0 saturated carbocycles. The summed E-state index contributed by atoms with van der Waals surface area (Å²) < 4.78 is 0. The van der Waals surface area contributed by atoms with E-state index in [1.807, 2.05) is 11.3 Å². The molecule has 0 aliphatic heterocycles. The van der Waals surface area contributed by atoms with Crippen LogP contribution in [-0.2, 0) is 6.42 Å². The van der Waals surface area contributed by atoms with Crippen LogP contribution < -0.4 is 0 Å². The van der Waals surface area contributed by atoms with E-state index in [4.69, 9.17) is 0 Å². The summed E-state index contributed by atoms with van der Waals surface area (Å²) in [4.78, 5) is 1.62. The van der Waals surface area contributed by atoms with Crippen LogP contribution in [0.4, 0.5) is 0 Å². The molecule has 18 heavy (non-hydrogen) atoms. The van der Waals surface area contributed by atoms with Crippen LogP contribution in [0.15, 0.2) is 40.3 Å². The van der Waals surface area contributed by atoms with E-state index in [9.17, 15) is 0 Å². The molecule has 1 aromatic heterocycles. The van der Waals surface area contributed by atoms with Gasteiger partial charge in [-0.3, -0.25) is 0 Å². The second-order valence-electron chi connectivity index (χ2n) is 5.55. The minimum absolute atomic E-state index is 1.21. The summed E-state index contributed by atoms with van der Waals surface area (Å²) in [6.07, 6.45) is 13.9. The number of thiophene rings is 1. The van der Waals surface area contributed by atoms with Crippen molar-refractivity contribution in [2.45, 2.75) is 44.9 Å². The Morgan fingerprint density at radius 2 is 1.83 bits per heavy atom. The van der Waals surface area contributed by atoms with Gasteiger partial charge in [-0.15, -0.1) is 11.3 Å². The van der Waals surface area contributed by atoms with E-state index in [0.717, 1.165) is 0 Å². The van der Waals surface area contributed by atoms with E-state index in [1.54, 1.807) is 32.7 Å². The Morgan fingerprint density at radius 3 is 2.83 bits per heavy atom. The fourth-order valence-corrected chi connectivity index (χ4v) is 4.65. The van der Waals surface area contributed by atoms with E-state index in [1.165, 1.54) is 44.9 Å². The van der Waals surface area contributed by atoms with Crippen molar-refractivity contribution in [2.75, 3.05) is 0 Å². The number of aryl methyl sites for hydroxylation is 1. The van der Waals surface area contributed by atoms with Gasteiger partial charge in [0, 0.05) is 4.88 Å². The van der Waals surface area contributed by atoms with Gasteiger partial charge in [0.1, 0.15) is 0 Å². The molecule has 0 atom stereocenters. The number of hydrogen-bond acceptors (Lipinski definition) is 1. The zero-order chi connectivity index (χ0) is 11.9. The van der Waals surface area contributed by atoms with E-state index < -0.39 is 0 Å². The summed E-state index contributed by atoms with van der Waals surface area (Å²) in [5, 5.41) is 2.28. The zero-order valence-corrected chi connectivity index (χ0v) is 11.5. The molecule has 1 heterocycles. The van der Waals surface area contributed by atoms with Crippen molar-refractivity contribution in [2.24, 2.45) is 0 Å². The average molecular weight is 254 g/mol. The number of hydrogen-bond donors (Lipinski definition) is 0. The molecule has 0 amide bonds. The Morgan fingerprint density at radius 1 is 0.944 bits per heavy atom. The molecule has 0 aromatic carbocycles. The lowest BCUT2D eigenvalue weighted by atomic mass is 9.81. The lowest BCUT2D eigenvalue weighted by Gasteiger charge is -2.24. The van der Waals surface area contributed by atoms with Crippen LogP contribution in [0.5, 0.6) is 0 Å². The fourth-order valence-electron chi connectivity index (χ4n) is 3.70. The Labute approximate surface area is 113 Å². The first-order chi connectivity index (χ1) is 8.93. The Hall–Kier alpha value is -1.08. The third-order valence-corrected chi connectivity index (χ3v) is 5.51. The highest BCUT2D eigenvalue weighted by molar-refractivity contribution is 7.10. The minimum Gasteiger partial charge on any atom is -0.148 e. The van der Waals surface area contributed by atoms with Crippen molar-refractivity contribution in [3.8, 4) is 0 Å². The highest BCUT2D eigenvalue weighted by Crippen LogP contribution is 2.44. The largest absolute Gasteiger partial charge is 0.148 e. The third kappa shape index (κ3) is 1.57. The van der Waals surface area contributed by atoms with E-state index in [2.05, 4.69) is 23.6 Å². The normalized spacial score (nSPS) is 26.4. The molecule has 1 aromatic rings. The summed E-state index contributed by atoms with van der Waals surface area (Å²) in [7, 11) is 0. The molecule has 0 spiro atoms. The number of rotatable bonds is 0. The molecule has 0 nitrogen and oxygen atoms in total. The van der Waals surface area contributed by atoms with Gasteiger partial charge in [0.25, 0.3) is 0 Å². The predicted molar refractivity (Wildman–Crippen MR) is 78.8 cm³/mol. The van der Waals surface area contributed by atoms with Crippen molar-refractivity contribution in [3.05, 3.63) is 50.8 Å². The Balaban J connectivity index is 1.89. The lowest BCUT2D eigenvalue weighted by molar-refractivity contribution is 0.754. The molecular weight excluding hydrogens is 236 g/mol. The van der Waals surface area contributed by atoms with Gasteiger partial charge in [-0.1, -0.05) is 17.7 Å². The standard InChI is InChI=1S/C17H18S/c1-4-12-5-2-7-14(13(12)6-1)15-8-3-9-17-16(15)10-11-18-17/h1,6,10-11H,2-5,7-9H2/b15-14+.